The van der Waals surface area contributed by atoms with Crippen LogP contribution in [0.15, 0.2) is 54.6 Å². The summed E-state index contributed by atoms with van der Waals surface area (Å²) in [5.74, 6) is 0.858. The molecule has 20 heavy (non-hydrogen) atoms. The third-order valence-electron chi connectivity index (χ3n) is 3.06. The molecule has 0 amide bonds. The molecule has 2 aromatic rings. The average Bonchev–Trinajstić information content (AvgIpc) is 2.52. The van der Waals surface area contributed by atoms with E-state index in [1.165, 1.54) is 0 Å². The van der Waals surface area contributed by atoms with Crippen LogP contribution in [-0.2, 0) is 4.74 Å². The molecule has 3 heteroatoms. The van der Waals surface area contributed by atoms with Gasteiger partial charge in [-0.25, -0.2) is 0 Å². The van der Waals surface area contributed by atoms with Gasteiger partial charge in [0.2, 0.25) is 0 Å². The van der Waals surface area contributed by atoms with Crippen LogP contribution in [0.2, 0.25) is 0 Å². The van der Waals surface area contributed by atoms with E-state index in [2.05, 4.69) is 18.2 Å². The zero-order valence-corrected chi connectivity index (χ0v) is 11.8. The van der Waals surface area contributed by atoms with E-state index in [4.69, 9.17) is 15.2 Å². The average molecular weight is 271 g/mol. The van der Waals surface area contributed by atoms with E-state index in [9.17, 15) is 0 Å². The Balaban J connectivity index is 2.12. The molecular formula is C17H21NO2. The molecule has 0 aliphatic carbocycles. The van der Waals surface area contributed by atoms with Crippen molar-refractivity contribution >= 4 is 0 Å². The van der Waals surface area contributed by atoms with Crippen molar-refractivity contribution < 1.29 is 9.47 Å². The highest BCUT2D eigenvalue weighted by atomic mass is 16.5. The van der Waals surface area contributed by atoms with Gasteiger partial charge in [0.05, 0.1) is 0 Å². The first-order chi connectivity index (χ1) is 9.85. The lowest BCUT2D eigenvalue weighted by atomic mass is 10.1. The van der Waals surface area contributed by atoms with E-state index in [1.807, 2.05) is 43.3 Å². The van der Waals surface area contributed by atoms with E-state index >= 15 is 0 Å². The molecule has 0 saturated heterocycles. The van der Waals surface area contributed by atoms with Crippen LogP contribution >= 0.6 is 0 Å². The fourth-order valence-corrected chi connectivity index (χ4v) is 2.05. The first-order valence-corrected chi connectivity index (χ1v) is 6.94. The summed E-state index contributed by atoms with van der Waals surface area (Å²) < 4.78 is 11.4. The summed E-state index contributed by atoms with van der Waals surface area (Å²) in [6, 6.07) is 18.2. The normalized spacial score (nSPS) is 12.1. The van der Waals surface area contributed by atoms with Crippen molar-refractivity contribution in [3.8, 4) is 16.9 Å². The lowest BCUT2D eigenvalue weighted by Gasteiger charge is -2.17. The lowest BCUT2D eigenvalue weighted by Crippen LogP contribution is -2.30. The smallest absolute Gasteiger partial charge is 0.127 e. The predicted octanol–water partition coefficient (Wildman–Crippen LogP) is 3.10. The number of hydrogen-bond donors (Lipinski definition) is 1. The van der Waals surface area contributed by atoms with Gasteiger partial charge in [0.1, 0.15) is 18.5 Å². The largest absolute Gasteiger partial charge is 0.490 e. The van der Waals surface area contributed by atoms with Gasteiger partial charge >= 0.3 is 0 Å². The summed E-state index contributed by atoms with van der Waals surface area (Å²) in [6.07, 6.45) is -0.0659. The van der Waals surface area contributed by atoms with Crippen molar-refractivity contribution in [3.63, 3.8) is 0 Å². The van der Waals surface area contributed by atoms with Gasteiger partial charge in [-0.2, -0.15) is 0 Å². The molecular weight excluding hydrogens is 250 g/mol. The van der Waals surface area contributed by atoms with Gasteiger partial charge in [0, 0.05) is 18.7 Å². The van der Waals surface area contributed by atoms with Gasteiger partial charge in [-0.3, -0.25) is 0 Å². The van der Waals surface area contributed by atoms with Crippen molar-refractivity contribution in [2.45, 2.75) is 13.0 Å². The van der Waals surface area contributed by atoms with Gasteiger partial charge in [0.25, 0.3) is 0 Å². The fraction of sp³-hybridized carbons (Fsp3) is 0.294. The standard InChI is InChI=1S/C17H21NO2/c1-2-19-15(12-18)13-20-17-11-7-6-10-16(17)14-8-4-3-5-9-14/h3-11,15H,2,12-13,18H2,1H3. The summed E-state index contributed by atoms with van der Waals surface area (Å²) in [5, 5.41) is 0. The Morgan fingerprint density at radius 3 is 2.40 bits per heavy atom. The SMILES string of the molecule is CCOC(CN)COc1ccccc1-c1ccccc1. The Morgan fingerprint density at radius 1 is 1.00 bits per heavy atom. The Bertz CT molecular complexity index is 513. The van der Waals surface area contributed by atoms with Gasteiger partial charge < -0.3 is 15.2 Å². The van der Waals surface area contributed by atoms with Crippen LogP contribution < -0.4 is 10.5 Å². The molecule has 106 valence electrons. The monoisotopic (exact) mass is 271 g/mol. The minimum Gasteiger partial charge on any atom is -0.490 e. The molecule has 0 aromatic heterocycles. The third-order valence-corrected chi connectivity index (χ3v) is 3.06. The predicted molar refractivity (Wildman–Crippen MR) is 81.8 cm³/mol. The molecule has 1 atom stereocenters. The maximum Gasteiger partial charge on any atom is 0.127 e. The van der Waals surface area contributed by atoms with Gasteiger partial charge in [0.15, 0.2) is 0 Å². The molecule has 0 radical (unpaired) electrons. The summed E-state index contributed by atoms with van der Waals surface area (Å²) in [6.45, 7) is 3.53. The van der Waals surface area contributed by atoms with Gasteiger partial charge in [-0.15, -0.1) is 0 Å². The summed E-state index contributed by atoms with van der Waals surface area (Å²) in [7, 11) is 0. The second-order valence-corrected chi connectivity index (χ2v) is 4.49. The van der Waals surface area contributed by atoms with Gasteiger partial charge in [-0.05, 0) is 18.6 Å². The second kappa shape index (κ2) is 7.68. The molecule has 0 bridgehead atoms. The quantitative estimate of drug-likeness (QED) is 0.841. The van der Waals surface area contributed by atoms with Crippen molar-refractivity contribution in [2.24, 2.45) is 5.73 Å². The summed E-state index contributed by atoms with van der Waals surface area (Å²) >= 11 is 0. The number of nitrogens with two attached hydrogens (primary N) is 1. The Morgan fingerprint density at radius 2 is 1.70 bits per heavy atom. The molecule has 0 spiro atoms. The van der Waals surface area contributed by atoms with Crippen molar-refractivity contribution in [3.05, 3.63) is 54.6 Å². The van der Waals surface area contributed by atoms with Crippen molar-refractivity contribution in [1.29, 1.82) is 0 Å². The number of ether oxygens (including phenoxy) is 2. The van der Waals surface area contributed by atoms with E-state index in [1.54, 1.807) is 0 Å². The maximum absolute atomic E-state index is 5.89. The van der Waals surface area contributed by atoms with Crippen LogP contribution in [0.3, 0.4) is 0 Å². The number of rotatable bonds is 7. The molecule has 1 unspecified atom stereocenters. The Hall–Kier alpha value is -1.84. The van der Waals surface area contributed by atoms with Crippen LogP contribution in [0.5, 0.6) is 5.75 Å². The minimum absolute atomic E-state index is 0.0659. The molecule has 3 nitrogen and oxygen atoms in total. The third kappa shape index (κ3) is 3.83. The second-order valence-electron chi connectivity index (χ2n) is 4.49. The van der Waals surface area contributed by atoms with Gasteiger partial charge in [-0.1, -0.05) is 48.5 Å². The Kier molecular flexibility index (Phi) is 5.59. The number of hydrogen-bond acceptors (Lipinski definition) is 3. The van der Waals surface area contributed by atoms with Crippen molar-refractivity contribution in [1.82, 2.24) is 0 Å². The molecule has 2 aromatic carbocycles. The molecule has 0 saturated carbocycles. The summed E-state index contributed by atoms with van der Waals surface area (Å²) in [4.78, 5) is 0. The number of para-hydroxylation sites is 1. The van der Waals surface area contributed by atoms with Crippen LogP contribution in [0, 0.1) is 0 Å². The number of benzene rings is 2. The molecule has 2 rings (SSSR count). The topological polar surface area (TPSA) is 44.5 Å². The van der Waals surface area contributed by atoms with Crippen LogP contribution in [-0.4, -0.2) is 25.9 Å². The minimum atomic E-state index is -0.0659. The van der Waals surface area contributed by atoms with Crippen LogP contribution in [0.1, 0.15) is 6.92 Å². The van der Waals surface area contributed by atoms with E-state index < -0.39 is 0 Å². The Labute approximate surface area is 120 Å². The van der Waals surface area contributed by atoms with E-state index in [-0.39, 0.29) is 6.10 Å². The van der Waals surface area contributed by atoms with E-state index in [0.29, 0.717) is 19.8 Å². The van der Waals surface area contributed by atoms with Crippen molar-refractivity contribution in [2.75, 3.05) is 19.8 Å². The molecule has 0 heterocycles. The first kappa shape index (κ1) is 14.6. The zero-order valence-electron chi connectivity index (χ0n) is 11.8. The molecule has 2 N–H and O–H groups in total. The first-order valence-electron chi connectivity index (χ1n) is 6.94. The summed E-state index contributed by atoms with van der Waals surface area (Å²) in [5.41, 5.74) is 7.89. The zero-order chi connectivity index (χ0) is 14.2. The molecule has 0 aliphatic rings. The highest BCUT2D eigenvalue weighted by Crippen LogP contribution is 2.29. The molecule has 0 aliphatic heterocycles. The molecule has 0 fully saturated rings. The van der Waals surface area contributed by atoms with E-state index in [0.717, 1.165) is 16.9 Å². The maximum atomic E-state index is 5.89. The fourth-order valence-electron chi connectivity index (χ4n) is 2.05. The highest BCUT2D eigenvalue weighted by Gasteiger charge is 2.10. The van der Waals surface area contributed by atoms with Crippen LogP contribution in [0.25, 0.3) is 11.1 Å². The lowest BCUT2D eigenvalue weighted by molar-refractivity contribution is 0.0338. The highest BCUT2D eigenvalue weighted by molar-refractivity contribution is 5.70. The van der Waals surface area contributed by atoms with Crippen LogP contribution in [0.4, 0.5) is 0 Å².